The molecule has 2 fully saturated rings. The third-order valence-electron chi connectivity index (χ3n) is 7.56. The van der Waals surface area contributed by atoms with Crippen LogP contribution in [0.3, 0.4) is 0 Å². The Balaban J connectivity index is 2.35. The van der Waals surface area contributed by atoms with Crippen LogP contribution in [0.1, 0.15) is 60.8 Å². The molecule has 0 aromatic rings. The molecule has 1 unspecified atom stereocenters. The van der Waals surface area contributed by atoms with Gasteiger partial charge >= 0.3 is 5.97 Å². The van der Waals surface area contributed by atoms with E-state index in [2.05, 4.69) is 64.1 Å². The SMILES string of the molecule is COC(=O)[C@@]12CC[C@@H](CO[Si](C(C)C)(C(C)C)C(C)C)[C@]1(CI)OC(CO)C2. The second kappa shape index (κ2) is 9.20. The summed E-state index contributed by atoms with van der Waals surface area (Å²) in [5, 5.41) is 9.76. The number of esters is 1. The largest absolute Gasteiger partial charge is 0.469 e. The van der Waals surface area contributed by atoms with Crippen molar-refractivity contribution in [3.05, 3.63) is 0 Å². The van der Waals surface area contributed by atoms with Crippen molar-refractivity contribution in [3.63, 3.8) is 0 Å². The first-order valence-electron chi connectivity index (χ1n) is 10.6. The quantitative estimate of drug-likeness (QED) is 0.204. The van der Waals surface area contributed by atoms with E-state index in [0.29, 0.717) is 34.1 Å². The van der Waals surface area contributed by atoms with Crippen LogP contribution in [0.15, 0.2) is 0 Å². The van der Waals surface area contributed by atoms with Gasteiger partial charge in [-0.1, -0.05) is 64.1 Å². The predicted molar refractivity (Wildman–Crippen MR) is 122 cm³/mol. The molecule has 1 aliphatic heterocycles. The third-order valence-corrected chi connectivity index (χ3v) is 14.8. The fraction of sp³-hybridized carbons (Fsp3) is 0.952. The highest BCUT2D eigenvalue weighted by Crippen LogP contribution is 2.61. The Morgan fingerprint density at radius 3 is 2.21 bits per heavy atom. The summed E-state index contributed by atoms with van der Waals surface area (Å²) in [6.07, 6.45) is 1.87. The van der Waals surface area contributed by atoms with Gasteiger partial charge in [0.2, 0.25) is 0 Å². The van der Waals surface area contributed by atoms with Crippen molar-refractivity contribution in [1.29, 1.82) is 0 Å². The average Bonchev–Trinajstić information content (AvgIpc) is 3.12. The molecule has 0 spiro atoms. The molecule has 1 heterocycles. The van der Waals surface area contributed by atoms with Gasteiger partial charge in [0, 0.05) is 17.0 Å². The minimum Gasteiger partial charge on any atom is -0.469 e. The molecule has 4 atom stereocenters. The number of alkyl halides is 1. The average molecular weight is 527 g/mol. The highest BCUT2D eigenvalue weighted by molar-refractivity contribution is 14.1. The van der Waals surface area contributed by atoms with Crippen LogP contribution < -0.4 is 0 Å². The number of carbonyl (C=O) groups excluding carboxylic acids is 1. The van der Waals surface area contributed by atoms with Crippen LogP contribution >= 0.6 is 22.6 Å². The van der Waals surface area contributed by atoms with Crippen LogP contribution in [0.2, 0.25) is 16.6 Å². The standard InChI is InChI=1S/C21H39IO5Si/c1-14(2)28(15(3)4,16(5)6)26-12-17-8-9-20(19(24)25-7)10-18(11-23)27-21(17,20)13-22/h14-18,23H,8-13H2,1-7H3/t17-,18?,20-,21-/m0/s1. The smallest absolute Gasteiger partial charge is 0.314 e. The lowest BCUT2D eigenvalue weighted by Crippen LogP contribution is -2.55. The molecule has 7 heteroatoms. The van der Waals surface area contributed by atoms with Crippen molar-refractivity contribution < 1.29 is 23.8 Å². The van der Waals surface area contributed by atoms with Crippen LogP contribution in [-0.2, 0) is 18.7 Å². The summed E-state index contributed by atoms with van der Waals surface area (Å²) in [4.78, 5) is 12.9. The summed E-state index contributed by atoms with van der Waals surface area (Å²) >= 11 is 2.34. The lowest BCUT2D eigenvalue weighted by Gasteiger charge is -2.45. The number of carbonyl (C=O) groups is 1. The Kier molecular flexibility index (Phi) is 8.07. The van der Waals surface area contributed by atoms with Gasteiger partial charge in [-0.25, -0.2) is 0 Å². The van der Waals surface area contributed by atoms with Crippen molar-refractivity contribution in [2.75, 3.05) is 24.8 Å². The lowest BCUT2D eigenvalue weighted by atomic mass is 9.71. The Hall–Kier alpha value is 0.297. The molecule has 2 rings (SSSR count). The summed E-state index contributed by atoms with van der Waals surface area (Å²) < 4.78 is 19.3. The number of fused-ring (bicyclic) bond motifs is 1. The van der Waals surface area contributed by atoms with E-state index in [1.54, 1.807) is 0 Å². The first-order chi connectivity index (χ1) is 13.1. The predicted octanol–water partition coefficient (Wildman–Crippen LogP) is 4.70. The first-order valence-corrected chi connectivity index (χ1v) is 14.3. The zero-order valence-corrected chi connectivity index (χ0v) is 21.7. The molecule has 0 bridgehead atoms. The van der Waals surface area contributed by atoms with Crippen LogP contribution in [0.4, 0.5) is 0 Å². The molecule has 0 aromatic heterocycles. The van der Waals surface area contributed by atoms with Gasteiger partial charge < -0.3 is 19.0 Å². The number of aliphatic hydroxyl groups excluding tert-OH is 1. The van der Waals surface area contributed by atoms with Crippen molar-refractivity contribution in [3.8, 4) is 0 Å². The molecule has 0 radical (unpaired) electrons. The van der Waals surface area contributed by atoms with E-state index in [1.165, 1.54) is 7.11 Å². The molecule has 0 aromatic carbocycles. The van der Waals surface area contributed by atoms with E-state index in [4.69, 9.17) is 13.9 Å². The summed E-state index contributed by atoms with van der Waals surface area (Å²) in [5.41, 5.74) is 0.278. The molecule has 1 saturated heterocycles. The van der Waals surface area contributed by atoms with E-state index in [-0.39, 0.29) is 24.6 Å². The number of hydrogen-bond donors (Lipinski definition) is 1. The summed E-state index contributed by atoms with van der Waals surface area (Å²) in [6.45, 7) is 14.3. The third kappa shape index (κ3) is 3.61. The second-order valence-electron chi connectivity index (χ2n) is 9.59. The van der Waals surface area contributed by atoms with Gasteiger partial charge in [-0.15, -0.1) is 0 Å². The number of rotatable bonds is 9. The minimum absolute atomic E-state index is 0.0621. The molecule has 1 aliphatic carbocycles. The number of halogens is 1. The van der Waals surface area contributed by atoms with Crippen LogP contribution in [-0.4, -0.2) is 55.8 Å². The van der Waals surface area contributed by atoms with Gasteiger partial charge in [-0.2, -0.15) is 0 Å². The van der Waals surface area contributed by atoms with Crippen LogP contribution in [0, 0.1) is 11.3 Å². The maximum absolute atomic E-state index is 12.9. The fourth-order valence-electron chi connectivity index (χ4n) is 6.35. The molecule has 2 aliphatic rings. The van der Waals surface area contributed by atoms with Crippen molar-refractivity contribution in [2.45, 2.75) is 89.1 Å². The van der Waals surface area contributed by atoms with Crippen molar-refractivity contribution >= 4 is 36.9 Å². The summed E-state index contributed by atoms with van der Waals surface area (Å²) in [5.74, 6) is -0.0501. The molecular formula is C21H39IO5Si. The molecular weight excluding hydrogens is 487 g/mol. The second-order valence-corrected chi connectivity index (χ2v) is 15.8. The molecule has 5 nitrogen and oxygen atoms in total. The van der Waals surface area contributed by atoms with Gasteiger partial charge in [-0.3, -0.25) is 4.79 Å². The number of hydrogen-bond acceptors (Lipinski definition) is 5. The van der Waals surface area contributed by atoms with Crippen LogP contribution in [0.5, 0.6) is 0 Å². The van der Waals surface area contributed by atoms with Crippen molar-refractivity contribution in [2.24, 2.45) is 11.3 Å². The van der Waals surface area contributed by atoms with Gasteiger partial charge in [0.1, 0.15) is 5.41 Å². The Labute approximate surface area is 185 Å². The Bertz CT molecular complexity index is 533. The maximum Gasteiger partial charge on any atom is 0.314 e. The van der Waals surface area contributed by atoms with E-state index < -0.39 is 19.3 Å². The normalized spacial score (nSPS) is 33.1. The number of aliphatic hydroxyl groups is 1. The summed E-state index contributed by atoms with van der Waals surface area (Å²) in [6, 6.07) is 0. The zero-order chi connectivity index (χ0) is 21.3. The van der Waals surface area contributed by atoms with Crippen LogP contribution in [0.25, 0.3) is 0 Å². The Morgan fingerprint density at radius 1 is 1.21 bits per heavy atom. The van der Waals surface area contributed by atoms with Crippen molar-refractivity contribution in [1.82, 2.24) is 0 Å². The van der Waals surface area contributed by atoms with Gasteiger partial charge in [-0.05, 0) is 35.9 Å². The topological polar surface area (TPSA) is 65.0 Å². The maximum atomic E-state index is 12.9. The van der Waals surface area contributed by atoms with E-state index in [0.717, 1.165) is 12.8 Å². The van der Waals surface area contributed by atoms with Gasteiger partial charge in [0.25, 0.3) is 0 Å². The first kappa shape index (κ1) is 24.6. The minimum atomic E-state index is -1.99. The fourth-order valence-corrected chi connectivity index (χ4v) is 13.4. The number of ether oxygens (including phenoxy) is 2. The van der Waals surface area contributed by atoms with Gasteiger partial charge in [0.05, 0.1) is 25.4 Å². The monoisotopic (exact) mass is 526 g/mol. The molecule has 164 valence electrons. The van der Waals surface area contributed by atoms with E-state index in [1.807, 2.05) is 0 Å². The van der Waals surface area contributed by atoms with E-state index in [9.17, 15) is 9.90 Å². The molecule has 28 heavy (non-hydrogen) atoms. The van der Waals surface area contributed by atoms with E-state index >= 15 is 0 Å². The summed E-state index contributed by atoms with van der Waals surface area (Å²) in [7, 11) is -0.536. The lowest BCUT2D eigenvalue weighted by molar-refractivity contribution is -0.165. The highest BCUT2D eigenvalue weighted by Gasteiger charge is 2.70. The Morgan fingerprint density at radius 2 is 1.79 bits per heavy atom. The number of methoxy groups -OCH3 is 1. The molecule has 1 N–H and O–H groups in total. The molecule has 1 saturated carbocycles. The highest BCUT2D eigenvalue weighted by atomic mass is 127. The zero-order valence-electron chi connectivity index (χ0n) is 18.6. The molecule has 0 amide bonds. The van der Waals surface area contributed by atoms with Gasteiger partial charge in [0.15, 0.2) is 8.32 Å².